The molecule has 0 saturated carbocycles. The summed E-state index contributed by atoms with van der Waals surface area (Å²) in [5, 5.41) is 10.6. The Balaban J connectivity index is 3.38. The molecule has 1 aromatic carbocycles. The van der Waals surface area contributed by atoms with E-state index in [2.05, 4.69) is 5.43 Å². The molecule has 0 aromatic heterocycles. The van der Waals surface area contributed by atoms with Crippen LogP contribution in [-0.4, -0.2) is 39.5 Å². The molecular formula is C19H28N2O6. The second-order valence-electron chi connectivity index (χ2n) is 8.17. The van der Waals surface area contributed by atoms with Crippen molar-refractivity contribution in [1.29, 1.82) is 0 Å². The highest BCUT2D eigenvalue weighted by Crippen LogP contribution is 2.29. The minimum atomic E-state index is -1.93. The van der Waals surface area contributed by atoms with Crippen molar-refractivity contribution in [3.05, 3.63) is 35.9 Å². The third-order valence-electron chi connectivity index (χ3n) is 3.38. The van der Waals surface area contributed by atoms with E-state index in [1.54, 1.807) is 71.9 Å². The van der Waals surface area contributed by atoms with Crippen LogP contribution in [0.1, 0.15) is 54.0 Å². The van der Waals surface area contributed by atoms with Crippen LogP contribution < -0.4 is 5.43 Å². The van der Waals surface area contributed by atoms with Crippen LogP contribution in [0.4, 0.5) is 9.59 Å². The lowest BCUT2D eigenvalue weighted by molar-refractivity contribution is -0.153. The van der Waals surface area contributed by atoms with E-state index < -0.39 is 34.9 Å². The van der Waals surface area contributed by atoms with Gasteiger partial charge in [0, 0.05) is 0 Å². The first-order chi connectivity index (χ1) is 12.2. The summed E-state index contributed by atoms with van der Waals surface area (Å²) < 4.78 is 10.5. The number of benzene rings is 1. The maximum atomic E-state index is 12.8. The van der Waals surface area contributed by atoms with Gasteiger partial charge >= 0.3 is 18.2 Å². The number of carbonyl (C=O) groups is 3. The maximum absolute atomic E-state index is 12.8. The molecule has 8 nitrogen and oxygen atoms in total. The van der Waals surface area contributed by atoms with E-state index in [9.17, 15) is 19.5 Å². The second kappa shape index (κ2) is 7.85. The second-order valence-corrected chi connectivity index (χ2v) is 8.17. The van der Waals surface area contributed by atoms with Crippen molar-refractivity contribution in [2.75, 3.05) is 0 Å². The van der Waals surface area contributed by atoms with E-state index >= 15 is 0 Å². The summed E-state index contributed by atoms with van der Waals surface area (Å²) in [6.45, 7) is 11.2. The van der Waals surface area contributed by atoms with Crippen LogP contribution in [0.2, 0.25) is 0 Å². The Kier molecular flexibility index (Phi) is 6.48. The summed E-state index contributed by atoms with van der Waals surface area (Å²) in [7, 11) is 0. The number of nitrogens with one attached hydrogen (secondary N) is 1. The summed E-state index contributed by atoms with van der Waals surface area (Å²) in [5.74, 6) is -1.35. The Morgan fingerprint density at radius 2 is 1.37 bits per heavy atom. The molecule has 0 unspecified atom stereocenters. The molecule has 1 aromatic rings. The number of carboxylic acids is 1. The van der Waals surface area contributed by atoms with Gasteiger partial charge in [-0.25, -0.2) is 19.8 Å². The number of rotatable bonds is 3. The molecular weight excluding hydrogens is 352 g/mol. The molecule has 0 radical (unpaired) electrons. The monoisotopic (exact) mass is 380 g/mol. The lowest BCUT2D eigenvalue weighted by atomic mass is 9.91. The van der Waals surface area contributed by atoms with E-state index in [-0.39, 0.29) is 5.56 Å². The summed E-state index contributed by atoms with van der Waals surface area (Å²) in [6, 6.07) is 8.07. The molecule has 0 saturated heterocycles. The van der Waals surface area contributed by atoms with E-state index in [1.807, 2.05) is 0 Å². The first kappa shape index (κ1) is 22.3. The summed E-state index contributed by atoms with van der Waals surface area (Å²) >= 11 is 0. The summed E-state index contributed by atoms with van der Waals surface area (Å²) in [4.78, 5) is 37.2. The number of carboxylic acid groups (broad SMARTS) is 1. The first-order valence-electron chi connectivity index (χ1n) is 8.48. The van der Waals surface area contributed by atoms with Crippen LogP contribution in [0.5, 0.6) is 0 Å². The maximum Gasteiger partial charge on any atom is 0.430 e. The molecule has 0 aliphatic heterocycles. The van der Waals surface area contributed by atoms with Crippen LogP contribution in [0.25, 0.3) is 0 Å². The Hall–Kier alpha value is -2.77. The van der Waals surface area contributed by atoms with Crippen LogP contribution in [0.3, 0.4) is 0 Å². The van der Waals surface area contributed by atoms with Gasteiger partial charge in [0.2, 0.25) is 0 Å². The predicted molar refractivity (Wildman–Crippen MR) is 98.9 cm³/mol. The van der Waals surface area contributed by atoms with Gasteiger partial charge in [0.1, 0.15) is 11.2 Å². The highest BCUT2D eigenvalue weighted by Gasteiger charge is 2.47. The third-order valence-corrected chi connectivity index (χ3v) is 3.38. The predicted octanol–water partition coefficient (Wildman–Crippen LogP) is 3.66. The minimum Gasteiger partial charge on any atom is -0.479 e. The van der Waals surface area contributed by atoms with Gasteiger partial charge in [0.15, 0.2) is 5.54 Å². The van der Waals surface area contributed by atoms with Crippen molar-refractivity contribution in [2.45, 2.75) is 65.2 Å². The molecule has 2 N–H and O–H groups in total. The molecule has 150 valence electrons. The third kappa shape index (κ3) is 6.16. The van der Waals surface area contributed by atoms with Crippen LogP contribution in [-0.2, 0) is 19.8 Å². The smallest absolute Gasteiger partial charge is 0.430 e. The number of aliphatic carboxylic acids is 1. The topological polar surface area (TPSA) is 105 Å². The zero-order chi connectivity index (χ0) is 21.0. The van der Waals surface area contributed by atoms with Gasteiger partial charge in [-0.2, -0.15) is 5.01 Å². The largest absolute Gasteiger partial charge is 0.479 e. The van der Waals surface area contributed by atoms with Gasteiger partial charge in [-0.05, 0) is 54.0 Å². The first-order valence-corrected chi connectivity index (χ1v) is 8.48. The van der Waals surface area contributed by atoms with Crippen molar-refractivity contribution >= 4 is 18.2 Å². The SMILES string of the molecule is CC(C)(C)OC(=O)NN(C(=O)OC(C)(C)C)[C@@](C)(C(=O)O)c1ccccc1. The lowest BCUT2D eigenvalue weighted by Crippen LogP contribution is -2.61. The molecule has 1 atom stereocenters. The van der Waals surface area contributed by atoms with Crippen LogP contribution >= 0.6 is 0 Å². The molecule has 0 aliphatic rings. The van der Waals surface area contributed by atoms with Gasteiger partial charge in [-0.15, -0.1) is 0 Å². The molecule has 0 bridgehead atoms. The molecule has 8 heteroatoms. The molecule has 0 fully saturated rings. The number of hydrazine groups is 1. The number of hydrogen-bond donors (Lipinski definition) is 2. The highest BCUT2D eigenvalue weighted by molar-refractivity contribution is 5.86. The molecule has 0 aliphatic carbocycles. The fourth-order valence-corrected chi connectivity index (χ4v) is 2.15. The van der Waals surface area contributed by atoms with Gasteiger partial charge in [0.05, 0.1) is 0 Å². The van der Waals surface area contributed by atoms with Crippen molar-refractivity contribution in [3.8, 4) is 0 Å². The zero-order valence-corrected chi connectivity index (χ0v) is 16.8. The Morgan fingerprint density at radius 1 is 0.889 bits per heavy atom. The van der Waals surface area contributed by atoms with E-state index in [4.69, 9.17) is 9.47 Å². The van der Waals surface area contributed by atoms with Crippen molar-refractivity contribution in [1.82, 2.24) is 10.4 Å². The van der Waals surface area contributed by atoms with Crippen LogP contribution in [0, 0.1) is 0 Å². The fourth-order valence-electron chi connectivity index (χ4n) is 2.15. The average Bonchev–Trinajstić information content (AvgIpc) is 2.49. The van der Waals surface area contributed by atoms with E-state index in [0.717, 1.165) is 0 Å². The fraction of sp³-hybridized carbons (Fsp3) is 0.526. The lowest BCUT2D eigenvalue weighted by Gasteiger charge is -2.38. The Bertz CT molecular complexity index is 690. The van der Waals surface area contributed by atoms with Crippen molar-refractivity contribution in [3.63, 3.8) is 0 Å². The zero-order valence-electron chi connectivity index (χ0n) is 16.8. The molecule has 1 rings (SSSR count). The molecule has 2 amide bonds. The van der Waals surface area contributed by atoms with Crippen LogP contribution in [0.15, 0.2) is 30.3 Å². The molecule has 0 heterocycles. The molecule has 27 heavy (non-hydrogen) atoms. The van der Waals surface area contributed by atoms with Gasteiger partial charge in [-0.1, -0.05) is 30.3 Å². The number of carbonyl (C=O) groups excluding carboxylic acids is 2. The average molecular weight is 380 g/mol. The highest BCUT2D eigenvalue weighted by atomic mass is 16.6. The number of ether oxygens (including phenoxy) is 2. The van der Waals surface area contributed by atoms with Crippen molar-refractivity contribution in [2.24, 2.45) is 0 Å². The minimum absolute atomic E-state index is 0.277. The van der Waals surface area contributed by atoms with E-state index in [0.29, 0.717) is 5.01 Å². The number of nitrogens with zero attached hydrogens (tertiary/aromatic N) is 1. The standard InChI is InChI=1S/C19H28N2O6/c1-17(2,3)26-15(24)20-21(16(25)27-18(4,5)6)19(7,14(22)23)13-11-9-8-10-12-13/h8-12H,1-7H3,(H,20,24)(H,22,23)/t19-/m1/s1. The quantitative estimate of drug-likeness (QED) is 0.775. The van der Waals surface area contributed by atoms with Gasteiger partial charge in [-0.3, -0.25) is 0 Å². The number of hydrogen-bond acceptors (Lipinski definition) is 5. The Labute approximate surface area is 159 Å². The van der Waals surface area contributed by atoms with Gasteiger partial charge < -0.3 is 14.6 Å². The normalized spacial score (nSPS) is 13.9. The van der Waals surface area contributed by atoms with E-state index in [1.165, 1.54) is 6.92 Å². The van der Waals surface area contributed by atoms with Crippen molar-refractivity contribution < 1.29 is 29.0 Å². The Morgan fingerprint density at radius 3 is 1.78 bits per heavy atom. The summed E-state index contributed by atoms with van der Waals surface area (Å²) in [6.07, 6.45) is -2.00. The van der Waals surface area contributed by atoms with Gasteiger partial charge in [0.25, 0.3) is 0 Å². The molecule has 0 spiro atoms. The summed E-state index contributed by atoms with van der Waals surface area (Å²) in [5.41, 5.74) is -1.16. The number of amides is 2.